The van der Waals surface area contributed by atoms with Crippen molar-refractivity contribution in [2.24, 2.45) is 5.92 Å². The molecule has 0 bridgehead atoms. The summed E-state index contributed by atoms with van der Waals surface area (Å²) in [5.41, 5.74) is 0.636. The highest BCUT2D eigenvalue weighted by Gasteiger charge is 2.09. The summed E-state index contributed by atoms with van der Waals surface area (Å²) in [5, 5.41) is 22.1. The Labute approximate surface area is 98.4 Å². The van der Waals surface area contributed by atoms with E-state index >= 15 is 0 Å². The van der Waals surface area contributed by atoms with Gasteiger partial charge in [-0.2, -0.15) is 0 Å². The summed E-state index contributed by atoms with van der Waals surface area (Å²) < 4.78 is 0. The van der Waals surface area contributed by atoms with Crippen molar-refractivity contribution in [3.63, 3.8) is 0 Å². The lowest BCUT2D eigenvalue weighted by molar-refractivity contribution is -0.384. The average Bonchev–Trinajstić information content (AvgIpc) is 2.26. The second kappa shape index (κ2) is 5.83. The Bertz CT molecular complexity index is 420. The molecule has 1 aromatic carbocycles. The molecule has 0 aliphatic carbocycles. The van der Waals surface area contributed by atoms with E-state index in [1.807, 2.05) is 0 Å². The minimum atomic E-state index is -0.849. The molecule has 0 heterocycles. The molecule has 0 aliphatic rings. The summed E-state index contributed by atoms with van der Waals surface area (Å²) in [6, 6.07) is 6.13. The number of benzene rings is 1. The first-order valence-electron chi connectivity index (χ1n) is 5.19. The monoisotopic (exact) mass is 238 g/mol. The Balaban J connectivity index is 2.54. The average molecular weight is 238 g/mol. The molecular weight excluding hydrogens is 224 g/mol. The van der Waals surface area contributed by atoms with Crippen LogP contribution in [0, 0.1) is 16.0 Å². The third kappa shape index (κ3) is 4.50. The second-order valence-electron chi connectivity index (χ2n) is 3.89. The van der Waals surface area contributed by atoms with Crippen molar-refractivity contribution in [3.8, 4) is 0 Å². The predicted molar refractivity (Wildman–Crippen MR) is 63.0 cm³/mol. The lowest BCUT2D eigenvalue weighted by atomic mass is 10.1. The zero-order chi connectivity index (χ0) is 12.8. The Morgan fingerprint density at radius 1 is 1.59 bits per heavy atom. The molecule has 1 rings (SSSR count). The van der Waals surface area contributed by atoms with Crippen molar-refractivity contribution < 1.29 is 14.8 Å². The standard InChI is InChI=1S/C11H14N2O4/c1-8(5-11(14)15)7-12-9-3-2-4-10(6-9)13(16)17/h2-4,6,8,12H,5,7H2,1H3,(H,14,15). The molecule has 2 N–H and O–H groups in total. The topological polar surface area (TPSA) is 92.5 Å². The van der Waals surface area contributed by atoms with Crippen molar-refractivity contribution in [1.82, 2.24) is 0 Å². The maximum Gasteiger partial charge on any atom is 0.303 e. The zero-order valence-corrected chi connectivity index (χ0v) is 9.42. The largest absolute Gasteiger partial charge is 0.481 e. The molecule has 0 saturated carbocycles. The molecule has 6 heteroatoms. The highest BCUT2D eigenvalue weighted by Crippen LogP contribution is 2.17. The number of carbonyl (C=O) groups is 1. The number of carboxylic acids is 1. The van der Waals surface area contributed by atoms with Crippen molar-refractivity contribution in [3.05, 3.63) is 34.4 Å². The summed E-state index contributed by atoms with van der Waals surface area (Å²) in [7, 11) is 0. The molecule has 0 spiro atoms. The molecule has 0 amide bonds. The van der Waals surface area contributed by atoms with Crippen LogP contribution in [0.5, 0.6) is 0 Å². The minimum Gasteiger partial charge on any atom is -0.481 e. The number of hydrogen-bond donors (Lipinski definition) is 2. The van der Waals surface area contributed by atoms with Crippen LogP contribution < -0.4 is 5.32 Å². The number of hydrogen-bond acceptors (Lipinski definition) is 4. The normalized spacial score (nSPS) is 11.8. The van der Waals surface area contributed by atoms with E-state index in [4.69, 9.17) is 5.11 Å². The molecular formula is C11H14N2O4. The van der Waals surface area contributed by atoms with Crippen LogP contribution in [0.15, 0.2) is 24.3 Å². The van der Waals surface area contributed by atoms with Crippen LogP contribution in [-0.2, 0) is 4.79 Å². The smallest absolute Gasteiger partial charge is 0.303 e. The van der Waals surface area contributed by atoms with Crippen LogP contribution in [0.4, 0.5) is 11.4 Å². The number of anilines is 1. The van der Waals surface area contributed by atoms with Crippen LogP contribution in [-0.4, -0.2) is 22.5 Å². The Morgan fingerprint density at radius 3 is 2.88 bits per heavy atom. The van der Waals surface area contributed by atoms with Crippen molar-refractivity contribution in [2.45, 2.75) is 13.3 Å². The molecule has 0 fully saturated rings. The maximum absolute atomic E-state index is 10.5. The van der Waals surface area contributed by atoms with Gasteiger partial charge in [-0.15, -0.1) is 0 Å². The molecule has 17 heavy (non-hydrogen) atoms. The van der Waals surface area contributed by atoms with Gasteiger partial charge in [-0.3, -0.25) is 14.9 Å². The fourth-order valence-corrected chi connectivity index (χ4v) is 1.39. The minimum absolute atomic E-state index is 0.0147. The van der Waals surface area contributed by atoms with Gasteiger partial charge in [0.2, 0.25) is 0 Å². The maximum atomic E-state index is 10.5. The van der Waals surface area contributed by atoms with Gasteiger partial charge in [-0.05, 0) is 12.0 Å². The zero-order valence-electron chi connectivity index (χ0n) is 9.42. The van der Waals surface area contributed by atoms with Gasteiger partial charge >= 0.3 is 5.97 Å². The van der Waals surface area contributed by atoms with Gasteiger partial charge in [0.1, 0.15) is 0 Å². The Kier molecular flexibility index (Phi) is 4.45. The first kappa shape index (κ1) is 13.0. The number of nitro benzene ring substituents is 1. The summed E-state index contributed by atoms with van der Waals surface area (Å²) >= 11 is 0. The summed E-state index contributed by atoms with van der Waals surface area (Å²) in [6.07, 6.45) is 0.0714. The predicted octanol–water partition coefficient (Wildman–Crippen LogP) is 2.12. The van der Waals surface area contributed by atoms with Crippen LogP contribution in [0.3, 0.4) is 0 Å². The van der Waals surface area contributed by atoms with E-state index in [1.54, 1.807) is 19.1 Å². The van der Waals surface area contributed by atoms with Crippen LogP contribution in [0.1, 0.15) is 13.3 Å². The summed E-state index contributed by atoms with van der Waals surface area (Å²) in [5.74, 6) is -0.884. The lowest BCUT2D eigenvalue weighted by Crippen LogP contribution is -2.14. The molecule has 0 radical (unpaired) electrons. The third-order valence-electron chi connectivity index (χ3n) is 2.23. The van der Waals surface area contributed by atoms with Crippen LogP contribution in [0.25, 0.3) is 0 Å². The summed E-state index contributed by atoms with van der Waals surface area (Å²) in [6.45, 7) is 2.27. The Morgan fingerprint density at radius 2 is 2.29 bits per heavy atom. The first-order chi connectivity index (χ1) is 7.99. The SMILES string of the molecule is CC(CNc1cccc([N+](=O)[O-])c1)CC(=O)O. The molecule has 0 aliphatic heterocycles. The van der Waals surface area contributed by atoms with E-state index < -0.39 is 10.9 Å². The number of rotatable bonds is 6. The van der Waals surface area contributed by atoms with Gasteiger partial charge in [-0.25, -0.2) is 0 Å². The quantitative estimate of drug-likeness (QED) is 0.585. The van der Waals surface area contributed by atoms with Gasteiger partial charge in [0, 0.05) is 30.8 Å². The van der Waals surface area contributed by atoms with Gasteiger partial charge in [0.05, 0.1) is 4.92 Å². The van der Waals surface area contributed by atoms with Crippen LogP contribution >= 0.6 is 0 Å². The van der Waals surface area contributed by atoms with Gasteiger partial charge in [-0.1, -0.05) is 13.0 Å². The van der Waals surface area contributed by atoms with Gasteiger partial charge < -0.3 is 10.4 Å². The highest BCUT2D eigenvalue weighted by atomic mass is 16.6. The molecule has 0 aromatic heterocycles. The molecule has 1 unspecified atom stereocenters. The summed E-state index contributed by atoms with van der Waals surface area (Å²) in [4.78, 5) is 20.5. The molecule has 0 saturated heterocycles. The van der Waals surface area contributed by atoms with E-state index in [9.17, 15) is 14.9 Å². The Hall–Kier alpha value is -2.11. The number of nitrogens with zero attached hydrogens (tertiary/aromatic N) is 1. The fourth-order valence-electron chi connectivity index (χ4n) is 1.39. The van der Waals surface area contributed by atoms with Crippen LogP contribution in [0.2, 0.25) is 0 Å². The van der Waals surface area contributed by atoms with E-state index in [0.29, 0.717) is 12.2 Å². The number of non-ortho nitro benzene ring substituents is 1. The number of aliphatic carboxylic acids is 1. The highest BCUT2D eigenvalue weighted by molar-refractivity contribution is 5.67. The van der Waals surface area contributed by atoms with Crippen molar-refractivity contribution >= 4 is 17.3 Å². The van der Waals surface area contributed by atoms with Gasteiger partial charge in [0.25, 0.3) is 5.69 Å². The second-order valence-corrected chi connectivity index (χ2v) is 3.89. The molecule has 1 aromatic rings. The van der Waals surface area contributed by atoms with E-state index in [-0.39, 0.29) is 18.0 Å². The number of carboxylic acid groups (broad SMARTS) is 1. The molecule has 1 atom stereocenters. The van der Waals surface area contributed by atoms with Crippen molar-refractivity contribution in [2.75, 3.05) is 11.9 Å². The first-order valence-corrected chi connectivity index (χ1v) is 5.19. The van der Waals surface area contributed by atoms with E-state index in [2.05, 4.69) is 5.32 Å². The molecule has 92 valence electrons. The third-order valence-corrected chi connectivity index (χ3v) is 2.23. The van der Waals surface area contributed by atoms with Gasteiger partial charge in [0.15, 0.2) is 0 Å². The molecule has 6 nitrogen and oxygen atoms in total. The van der Waals surface area contributed by atoms with Crippen molar-refractivity contribution in [1.29, 1.82) is 0 Å². The fraction of sp³-hybridized carbons (Fsp3) is 0.364. The number of nitrogens with one attached hydrogen (secondary N) is 1. The van der Waals surface area contributed by atoms with E-state index in [1.165, 1.54) is 12.1 Å². The van der Waals surface area contributed by atoms with E-state index in [0.717, 1.165) is 0 Å². The lowest BCUT2D eigenvalue weighted by Gasteiger charge is -2.11. The number of nitro groups is 1.